The second kappa shape index (κ2) is 7.54. The van der Waals surface area contributed by atoms with E-state index in [1.165, 1.54) is 18.2 Å². The number of para-hydroxylation sites is 1. The van der Waals surface area contributed by atoms with Gasteiger partial charge in [-0.25, -0.2) is 8.78 Å². The first-order chi connectivity index (χ1) is 10.1. The van der Waals surface area contributed by atoms with E-state index in [-0.39, 0.29) is 18.2 Å². The average molecular weight is 308 g/mol. The first-order valence-corrected chi connectivity index (χ1v) is 6.74. The van der Waals surface area contributed by atoms with E-state index < -0.39 is 5.82 Å². The molecule has 0 bridgehead atoms. The first-order valence-electron chi connectivity index (χ1n) is 6.33. The van der Waals surface area contributed by atoms with Gasteiger partial charge in [0.2, 0.25) is 0 Å². The average Bonchev–Trinajstić information content (AvgIpc) is 2.48. The minimum Gasteiger partial charge on any atom is -0.489 e. The van der Waals surface area contributed by atoms with E-state index >= 15 is 0 Å². The van der Waals surface area contributed by atoms with Gasteiger partial charge in [-0.2, -0.15) is 0 Å². The van der Waals surface area contributed by atoms with Crippen LogP contribution < -0.4 is 15.4 Å². The third-order valence-electron chi connectivity index (χ3n) is 2.58. The summed E-state index contributed by atoms with van der Waals surface area (Å²) in [5.41, 5.74) is 0.684. The Bertz CT molecular complexity index is 605. The molecule has 0 atom stereocenters. The Hall–Kier alpha value is -2.21. The van der Waals surface area contributed by atoms with Gasteiger partial charge in [0.25, 0.3) is 0 Å². The van der Waals surface area contributed by atoms with Crippen molar-refractivity contribution < 1.29 is 13.5 Å². The highest BCUT2D eigenvalue weighted by Gasteiger charge is 2.01. The molecule has 0 aliphatic rings. The lowest BCUT2D eigenvalue weighted by Gasteiger charge is -2.11. The maximum absolute atomic E-state index is 13.3. The van der Waals surface area contributed by atoms with Crippen molar-refractivity contribution in [2.24, 2.45) is 0 Å². The van der Waals surface area contributed by atoms with Gasteiger partial charge in [0.05, 0.1) is 6.54 Å². The van der Waals surface area contributed by atoms with Crippen molar-refractivity contribution in [3.8, 4) is 5.75 Å². The fourth-order valence-electron chi connectivity index (χ4n) is 1.60. The second-order valence-corrected chi connectivity index (χ2v) is 4.57. The van der Waals surface area contributed by atoms with Crippen LogP contribution >= 0.6 is 12.2 Å². The Morgan fingerprint density at radius 3 is 2.48 bits per heavy atom. The molecule has 2 N–H and O–H groups in total. The molecule has 2 aromatic carbocycles. The number of nitrogens with one attached hydrogen (secondary N) is 2. The lowest BCUT2D eigenvalue weighted by molar-refractivity contribution is 0.306. The fraction of sp³-hybridized carbons (Fsp3) is 0.133. The normalized spacial score (nSPS) is 10.0. The number of ether oxygens (including phenoxy) is 1. The lowest BCUT2D eigenvalue weighted by atomic mass is 10.3. The molecule has 0 heterocycles. The number of hydrogen-bond donors (Lipinski definition) is 2. The Morgan fingerprint density at radius 1 is 1.05 bits per heavy atom. The number of thiocarbonyl (C=S) groups is 1. The molecule has 0 radical (unpaired) electrons. The van der Waals surface area contributed by atoms with Gasteiger partial charge >= 0.3 is 0 Å². The SMILES string of the molecule is Fc1ccc(NC(=S)NCCOc2ccccc2F)cc1. The molecule has 0 unspecified atom stereocenters. The minimum atomic E-state index is -0.399. The molecule has 0 saturated carbocycles. The van der Waals surface area contributed by atoms with Crippen molar-refractivity contribution in [1.82, 2.24) is 5.32 Å². The van der Waals surface area contributed by atoms with E-state index in [1.807, 2.05) is 0 Å². The molecule has 0 saturated heterocycles. The summed E-state index contributed by atoms with van der Waals surface area (Å²) >= 11 is 5.08. The molecule has 0 amide bonds. The third kappa shape index (κ3) is 5.00. The minimum absolute atomic E-state index is 0.205. The molecule has 0 aromatic heterocycles. The smallest absolute Gasteiger partial charge is 0.170 e. The van der Waals surface area contributed by atoms with Gasteiger partial charge < -0.3 is 15.4 Å². The predicted octanol–water partition coefficient (Wildman–Crippen LogP) is 3.33. The topological polar surface area (TPSA) is 33.3 Å². The van der Waals surface area contributed by atoms with Crippen molar-refractivity contribution in [3.05, 3.63) is 60.2 Å². The van der Waals surface area contributed by atoms with E-state index in [0.717, 1.165) is 0 Å². The van der Waals surface area contributed by atoms with E-state index in [4.69, 9.17) is 17.0 Å². The van der Waals surface area contributed by atoms with Gasteiger partial charge in [-0.15, -0.1) is 0 Å². The zero-order valence-corrected chi connectivity index (χ0v) is 11.9. The highest BCUT2D eigenvalue weighted by atomic mass is 32.1. The molecule has 0 spiro atoms. The fourth-order valence-corrected chi connectivity index (χ4v) is 1.82. The lowest BCUT2D eigenvalue weighted by Crippen LogP contribution is -2.32. The molecule has 2 rings (SSSR count). The maximum Gasteiger partial charge on any atom is 0.170 e. The second-order valence-electron chi connectivity index (χ2n) is 4.17. The molecule has 2 aromatic rings. The molecule has 6 heteroatoms. The Labute approximate surface area is 126 Å². The monoisotopic (exact) mass is 308 g/mol. The molecular weight excluding hydrogens is 294 g/mol. The molecule has 0 aliphatic carbocycles. The number of halogens is 2. The molecule has 3 nitrogen and oxygen atoms in total. The van der Waals surface area contributed by atoms with Crippen molar-refractivity contribution in [2.45, 2.75) is 0 Å². The number of anilines is 1. The highest BCUT2D eigenvalue weighted by Crippen LogP contribution is 2.14. The van der Waals surface area contributed by atoms with E-state index in [2.05, 4.69) is 10.6 Å². The van der Waals surface area contributed by atoms with E-state index in [9.17, 15) is 8.78 Å². The van der Waals surface area contributed by atoms with Crippen LogP contribution in [-0.4, -0.2) is 18.3 Å². The van der Waals surface area contributed by atoms with Crippen LogP contribution in [0.3, 0.4) is 0 Å². The van der Waals surface area contributed by atoms with Crippen LogP contribution in [-0.2, 0) is 0 Å². The molecule has 0 aliphatic heterocycles. The quantitative estimate of drug-likeness (QED) is 0.656. The summed E-state index contributed by atoms with van der Waals surface area (Å²) in [6.07, 6.45) is 0. The van der Waals surface area contributed by atoms with Crippen LogP contribution in [0.25, 0.3) is 0 Å². The van der Waals surface area contributed by atoms with Gasteiger partial charge in [0.15, 0.2) is 16.7 Å². The van der Waals surface area contributed by atoms with Crippen LogP contribution in [0.15, 0.2) is 48.5 Å². The number of rotatable bonds is 5. The summed E-state index contributed by atoms with van der Waals surface area (Å²) < 4.78 is 31.3. The van der Waals surface area contributed by atoms with Gasteiger partial charge in [0, 0.05) is 5.69 Å². The Balaban J connectivity index is 1.70. The van der Waals surface area contributed by atoms with Crippen LogP contribution in [0.5, 0.6) is 5.75 Å². The predicted molar refractivity (Wildman–Crippen MR) is 82.5 cm³/mol. The summed E-state index contributed by atoms with van der Waals surface area (Å²) in [5, 5.41) is 6.21. The largest absolute Gasteiger partial charge is 0.489 e. The Kier molecular flexibility index (Phi) is 5.45. The van der Waals surface area contributed by atoms with Crippen LogP contribution in [0, 0.1) is 11.6 Å². The number of hydrogen-bond acceptors (Lipinski definition) is 2. The summed E-state index contributed by atoms with van der Waals surface area (Å²) in [5.74, 6) is -0.501. The molecular formula is C15H14F2N2OS. The third-order valence-corrected chi connectivity index (χ3v) is 2.83. The molecule has 21 heavy (non-hydrogen) atoms. The summed E-state index contributed by atoms with van der Waals surface area (Å²) in [4.78, 5) is 0. The number of benzene rings is 2. The van der Waals surface area contributed by atoms with Gasteiger partial charge in [-0.05, 0) is 48.6 Å². The zero-order valence-electron chi connectivity index (χ0n) is 11.1. The maximum atomic E-state index is 13.3. The van der Waals surface area contributed by atoms with Crippen LogP contribution in [0.1, 0.15) is 0 Å². The zero-order chi connectivity index (χ0) is 15.1. The standard InChI is InChI=1S/C15H14F2N2OS/c16-11-5-7-12(8-6-11)19-15(21)18-9-10-20-14-4-2-1-3-13(14)17/h1-8H,9-10H2,(H2,18,19,21). The summed E-state index contributed by atoms with van der Waals surface area (Å²) in [6.45, 7) is 0.688. The highest BCUT2D eigenvalue weighted by molar-refractivity contribution is 7.80. The van der Waals surface area contributed by atoms with Crippen LogP contribution in [0.4, 0.5) is 14.5 Å². The van der Waals surface area contributed by atoms with Crippen molar-refractivity contribution in [3.63, 3.8) is 0 Å². The van der Waals surface area contributed by atoms with Gasteiger partial charge in [-0.3, -0.25) is 0 Å². The Morgan fingerprint density at radius 2 is 1.76 bits per heavy atom. The van der Waals surface area contributed by atoms with E-state index in [1.54, 1.807) is 30.3 Å². The van der Waals surface area contributed by atoms with Gasteiger partial charge in [0.1, 0.15) is 12.4 Å². The summed E-state index contributed by atoms with van der Waals surface area (Å²) in [7, 11) is 0. The van der Waals surface area contributed by atoms with Crippen molar-refractivity contribution in [1.29, 1.82) is 0 Å². The molecule has 0 fully saturated rings. The first kappa shape index (κ1) is 15.2. The van der Waals surface area contributed by atoms with Gasteiger partial charge in [-0.1, -0.05) is 12.1 Å². The van der Waals surface area contributed by atoms with Crippen LogP contribution in [0.2, 0.25) is 0 Å². The van der Waals surface area contributed by atoms with E-state index in [0.29, 0.717) is 17.3 Å². The van der Waals surface area contributed by atoms with Crippen molar-refractivity contribution in [2.75, 3.05) is 18.5 Å². The molecule has 110 valence electrons. The summed E-state index contributed by atoms with van der Waals surface area (Å²) in [6, 6.07) is 12.0. The van der Waals surface area contributed by atoms with Crippen molar-refractivity contribution >= 4 is 23.0 Å².